The molecule has 0 bridgehead atoms. The molecule has 0 atom stereocenters. The Morgan fingerprint density at radius 2 is 1.88 bits per heavy atom. The predicted molar refractivity (Wildman–Crippen MR) is 87.0 cm³/mol. The van der Waals surface area contributed by atoms with E-state index in [0.717, 1.165) is 5.69 Å². The Hall–Kier alpha value is -2.70. The molecular weight excluding hydrogens is 308 g/mol. The van der Waals surface area contributed by atoms with E-state index in [2.05, 4.69) is 10.3 Å². The molecule has 0 spiro atoms. The van der Waals surface area contributed by atoms with Gasteiger partial charge in [-0.2, -0.15) is 0 Å². The largest absolute Gasteiger partial charge is 0.481 e. The highest BCUT2D eigenvalue weighted by atomic mass is 16.4. The van der Waals surface area contributed by atoms with E-state index in [-0.39, 0.29) is 18.2 Å². The molecule has 126 valence electrons. The van der Waals surface area contributed by atoms with Gasteiger partial charge in [-0.3, -0.25) is 9.59 Å². The summed E-state index contributed by atoms with van der Waals surface area (Å²) in [6.07, 6.45) is 1.60. The molecule has 0 saturated carbocycles. The fraction of sp³-hybridized carbons (Fsp3) is 0.412. The summed E-state index contributed by atoms with van der Waals surface area (Å²) < 4.78 is 1.66. The van der Waals surface area contributed by atoms with Crippen molar-refractivity contribution in [3.63, 3.8) is 0 Å². The first-order chi connectivity index (χ1) is 11.6. The molecule has 0 unspecified atom stereocenters. The molecule has 2 aromatic rings. The van der Waals surface area contributed by atoms with Crippen LogP contribution in [0.3, 0.4) is 0 Å². The lowest BCUT2D eigenvalue weighted by atomic mass is 9.93. The fourth-order valence-electron chi connectivity index (χ4n) is 3.08. The molecule has 1 amide bonds. The van der Waals surface area contributed by atoms with Gasteiger partial charge in [0.25, 0.3) is 5.91 Å². The maximum Gasteiger partial charge on any atom is 0.303 e. The lowest BCUT2D eigenvalue weighted by Gasteiger charge is -2.30. The van der Waals surface area contributed by atoms with E-state index in [1.165, 1.54) is 0 Å². The van der Waals surface area contributed by atoms with Crippen molar-refractivity contribution < 1.29 is 14.7 Å². The molecule has 1 aromatic heterocycles. The summed E-state index contributed by atoms with van der Waals surface area (Å²) in [5, 5.41) is 17.0. The number of likely N-dealkylation sites (tertiary alicyclic amines) is 1. The van der Waals surface area contributed by atoms with Gasteiger partial charge in [-0.25, -0.2) is 4.68 Å². The van der Waals surface area contributed by atoms with E-state index < -0.39 is 5.97 Å². The van der Waals surface area contributed by atoms with Crippen molar-refractivity contribution in [3.8, 4) is 5.69 Å². The molecule has 3 rings (SSSR count). The van der Waals surface area contributed by atoms with Crippen molar-refractivity contribution in [1.29, 1.82) is 0 Å². The minimum atomic E-state index is -0.776. The number of amides is 1. The molecule has 1 aromatic carbocycles. The number of carboxylic acids is 1. The minimum absolute atomic E-state index is 0.136. The summed E-state index contributed by atoms with van der Waals surface area (Å²) in [5.74, 6) is -0.766. The van der Waals surface area contributed by atoms with Gasteiger partial charge in [0, 0.05) is 19.5 Å². The van der Waals surface area contributed by atoms with Crippen LogP contribution in [0.5, 0.6) is 0 Å². The Kier molecular flexibility index (Phi) is 4.59. The normalized spacial score (nSPS) is 15.5. The summed E-state index contributed by atoms with van der Waals surface area (Å²) in [6, 6.07) is 9.56. The summed E-state index contributed by atoms with van der Waals surface area (Å²) >= 11 is 0. The maximum atomic E-state index is 12.7. The highest BCUT2D eigenvalue weighted by Gasteiger charge is 2.28. The number of carbonyl (C=O) groups excluding carboxylic acids is 1. The van der Waals surface area contributed by atoms with Crippen molar-refractivity contribution >= 4 is 11.9 Å². The third-order valence-corrected chi connectivity index (χ3v) is 4.46. The second-order valence-electron chi connectivity index (χ2n) is 6.10. The van der Waals surface area contributed by atoms with E-state index >= 15 is 0 Å². The SMILES string of the molecule is Cc1c(C(=O)N2CCC(CC(=O)O)CC2)nnn1-c1ccccc1. The van der Waals surface area contributed by atoms with Gasteiger partial charge in [0.1, 0.15) is 0 Å². The smallest absolute Gasteiger partial charge is 0.303 e. The first kappa shape index (κ1) is 16.2. The summed E-state index contributed by atoms with van der Waals surface area (Å²) in [4.78, 5) is 25.2. The van der Waals surface area contributed by atoms with Gasteiger partial charge in [-0.05, 0) is 37.8 Å². The van der Waals surface area contributed by atoms with Gasteiger partial charge in [0.2, 0.25) is 0 Å². The summed E-state index contributed by atoms with van der Waals surface area (Å²) in [5.41, 5.74) is 1.93. The van der Waals surface area contributed by atoms with Crippen LogP contribution in [-0.4, -0.2) is 50.0 Å². The Morgan fingerprint density at radius 3 is 2.50 bits per heavy atom. The average molecular weight is 328 g/mol. The third kappa shape index (κ3) is 3.29. The monoisotopic (exact) mass is 328 g/mol. The zero-order chi connectivity index (χ0) is 17.1. The third-order valence-electron chi connectivity index (χ3n) is 4.46. The summed E-state index contributed by atoms with van der Waals surface area (Å²) in [7, 11) is 0. The van der Waals surface area contributed by atoms with Crippen LogP contribution in [0.2, 0.25) is 0 Å². The van der Waals surface area contributed by atoms with Crippen molar-refractivity contribution in [3.05, 3.63) is 41.7 Å². The predicted octanol–water partition coefficient (Wildman–Crippen LogP) is 1.90. The second kappa shape index (κ2) is 6.82. The number of carboxylic acid groups (broad SMARTS) is 1. The van der Waals surface area contributed by atoms with E-state index in [1.807, 2.05) is 37.3 Å². The molecule has 1 aliphatic heterocycles. The molecule has 0 aliphatic carbocycles. The minimum Gasteiger partial charge on any atom is -0.481 e. The Bertz CT molecular complexity index is 734. The number of aromatic nitrogens is 3. The molecule has 1 aliphatic rings. The van der Waals surface area contributed by atoms with Crippen molar-refractivity contribution in [2.24, 2.45) is 5.92 Å². The molecule has 7 nitrogen and oxygen atoms in total. The fourth-order valence-corrected chi connectivity index (χ4v) is 3.08. The Balaban J connectivity index is 1.71. The van der Waals surface area contributed by atoms with Crippen LogP contribution in [0.4, 0.5) is 0 Å². The van der Waals surface area contributed by atoms with Crippen LogP contribution < -0.4 is 0 Å². The molecule has 1 saturated heterocycles. The first-order valence-corrected chi connectivity index (χ1v) is 8.05. The highest BCUT2D eigenvalue weighted by molar-refractivity contribution is 5.93. The maximum absolute atomic E-state index is 12.7. The topological polar surface area (TPSA) is 88.3 Å². The lowest BCUT2D eigenvalue weighted by molar-refractivity contribution is -0.138. The van der Waals surface area contributed by atoms with Crippen LogP contribution in [0.1, 0.15) is 35.4 Å². The number of nitrogens with zero attached hydrogens (tertiary/aromatic N) is 4. The Morgan fingerprint density at radius 1 is 1.21 bits per heavy atom. The van der Waals surface area contributed by atoms with Crippen LogP contribution in [-0.2, 0) is 4.79 Å². The van der Waals surface area contributed by atoms with Crippen LogP contribution in [0.25, 0.3) is 5.69 Å². The number of aliphatic carboxylic acids is 1. The van der Waals surface area contributed by atoms with Crippen LogP contribution in [0, 0.1) is 12.8 Å². The number of piperidine rings is 1. The standard InChI is InChI=1S/C17H20N4O3/c1-12-16(18-19-21(12)14-5-3-2-4-6-14)17(24)20-9-7-13(8-10-20)11-15(22)23/h2-6,13H,7-11H2,1H3,(H,22,23). The zero-order valence-electron chi connectivity index (χ0n) is 13.6. The van der Waals surface area contributed by atoms with E-state index in [9.17, 15) is 9.59 Å². The molecule has 2 heterocycles. The summed E-state index contributed by atoms with van der Waals surface area (Å²) in [6.45, 7) is 2.96. The van der Waals surface area contributed by atoms with Crippen molar-refractivity contribution in [1.82, 2.24) is 19.9 Å². The highest BCUT2D eigenvalue weighted by Crippen LogP contribution is 2.22. The molecule has 24 heavy (non-hydrogen) atoms. The van der Waals surface area contributed by atoms with Gasteiger partial charge in [-0.1, -0.05) is 23.4 Å². The van der Waals surface area contributed by atoms with Gasteiger partial charge >= 0.3 is 5.97 Å². The van der Waals surface area contributed by atoms with Crippen molar-refractivity contribution in [2.45, 2.75) is 26.2 Å². The van der Waals surface area contributed by atoms with E-state index in [1.54, 1.807) is 9.58 Å². The van der Waals surface area contributed by atoms with Crippen LogP contribution in [0.15, 0.2) is 30.3 Å². The van der Waals surface area contributed by atoms with Gasteiger partial charge in [0.05, 0.1) is 11.4 Å². The number of benzene rings is 1. The number of carbonyl (C=O) groups is 2. The average Bonchev–Trinajstić information content (AvgIpc) is 2.97. The lowest BCUT2D eigenvalue weighted by Crippen LogP contribution is -2.39. The number of hydrogen-bond acceptors (Lipinski definition) is 4. The van der Waals surface area contributed by atoms with Crippen molar-refractivity contribution in [2.75, 3.05) is 13.1 Å². The molecule has 1 N–H and O–H groups in total. The van der Waals surface area contributed by atoms with Gasteiger partial charge < -0.3 is 10.0 Å². The molecular formula is C17H20N4O3. The first-order valence-electron chi connectivity index (χ1n) is 8.05. The Labute approximate surface area is 139 Å². The number of para-hydroxylation sites is 1. The quantitative estimate of drug-likeness (QED) is 0.926. The number of hydrogen-bond donors (Lipinski definition) is 1. The van der Waals surface area contributed by atoms with Gasteiger partial charge in [0.15, 0.2) is 5.69 Å². The van der Waals surface area contributed by atoms with Crippen LogP contribution >= 0.6 is 0 Å². The zero-order valence-corrected chi connectivity index (χ0v) is 13.6. The molecule has 1 fully saturated rings. The molecule has 0 radical (unpaired) electrons. The number of rotatable bonds is 4. The molecule has 7 heteroatoms. The van der Waals surface area contributed by atoms with E-state index in [0.29, 0.717) is 37.3 Å². The van der Waals surface area contributed by atoms with Gasteiger partial charge in [-0.15, -0.1) is 5.10 Å². The second-order valence-corrected chi connectivity index (χ2v) is 6.10. The van der Waals surface area contributed by atoms with E-state index in [4.69, 9.17) is 5.11 Å².